The zero-order valence-electron chi connectivity index (χ0n) is 20.0. The highest BCUT2D eigenvalue weighted by Gasteiger charge is 2.31. The Morgan fingerprint density at radius 3 is 2.61 bits per heavy atom. The molecule has 5 rings (SSSR count). The summed E-state index contributed by atoms with van der Waals surface area (Å²) in [4.78, 5) is 34.0. The van der Waals surface area contributed by atoms with Gasteiger partial charge in [-0.2, -0.15) is 5.10 Å². The molecule has 0 spiro atoms. The first-order valence-electron chi connectivity index (χ1n) is 12.1. The van der Waals surface area contributed by atoms with E-state index in [0.29, 0.717) is 35.6 Å². The van der Waals surface area contributed by atoms with Crippen LogP contribution in [0.5, 0.6) is 5.88 Å². The van der Waals surface area contributed by atoms with Crippen LogP contribution in [0, 0.1) is 0 Å². The van der Waals surface area contributed by atoms with Crippen LogP contribution in [-0.4, -0.2) is 74.4 Å². The number of carbonyl (C=O) groups is 2. The van der Waals surface area contributed by atoms with Gasteiger partial charge < -0.3 is 31.5 Å². The van der Waals surface area contributed by atoms with Crippen molar-refractivity contribution in [1.82, 2.24) is 35.5 Å². The molecule has 0 unspecified atom stereocenters. The average Bonchev–Trinajstić information content (AvgIpc) is 3.50. The van der Waals surface area contributed by atoms with Crippen molar-refractivity contribution in [3.63, 3.8) is 0 Å². The fraction of sp³-hybridized carbons (Fsp3) is 0.458. The lowest BCUT2D eigenvalue weighted by Gasteiger charge is -2.30. The van der Waals surface area contributed by atoms with Crippen LogP contribution in [0.2, 0.25) is 0 Å². The molecule has 4 heterocycles. The second-order valence-electron chi connectivity index (χ2n) is 9.32. The Balaban J connectivity index is 1.27. The predicted octanol–water partition coefficient (Wildman–Crippen LogP) is 0.262. The molecule has 3 aromatic rings. The zero-order valence-corrected chi connectivity index (χ0v) is 20.0. The highest BCUT2D eigenvalue weighted by molar-refractivity contribution is 6.05. The Morgan fingerprint density at radius 1 is 1.17 bits per heavy atom. The number of hydrogen-bond donors (Lipinski definition) is 5. The van der Waals surface area contributed by atoms with E-state index in [1.54, 1.807) is 22.8 Å². The fourth-order valence-corrected chi connectivity index (χ4v) is 4.99. The van der Waals surface area contributed by atoms with Crippen LogP contribution in [-0.2, 0) is 4.79 Å². The summed E-state index contributed by atoms with van der Waals surface area (Å²) in [6, 6.07) is 5.00. The van der Waals surface area contributed by atoms with Gasteiger partial charge in [0, 0.05) is 36.5 Å². The number of methoxy groups -OCH3 is 1. The summed E-state index contributed by atoms with van der Waals surface area (Å²) in [5.74, 6) is 0.326. The van der Waals surface area contributed by atoms with E-state index in [9.17, 15) is 14.7 Å². The van der Waals surface area contributed by atoms with Crippen molar-refractivity contribution in [1.29, 1.82) is 0 Å². The Kier molecular flexibility index (Phi) is 6.70. The molecule has 0 radical (unpaired) electrons. The van der Waals surface area contributed by atoms with E-state index in [4.69, 9.17) is 10.5 Å². The number of rotatable bonds is 6. The van der Waals surface area contributed by atoms with Crippen LogP contribution in [0.4, 0.5) is 5.82 Å². The van der Waals surface area contributed by atoms with Crippen molar-refractivity contribution >= 4 is 23.1 Å². The van der Waals surface area contributed by atoms with Gasteiger partial charge in [-0.05, 0) is 44.2 Å². The van der Waals surface area contributed by atoms with E-state index in [1.807, 2.05) is 6.07 Å². The average molecular weight is 495 g/mol. The standard InChI is InChI=1S/C24H30N8O4/c1-36-20-8-13(6-7-26-20)19-10-17(21-22(25)28-12-29-32(19)21)23(34)30-14-2-4-15(5-3-14)31-24(35)18-9-16(33)11-27-18/h6-8,10,12,14-16,18,27,33H,2-5,9,11H2,1H3,(H,30,34)(H,31,35)(H2,25,28,29)/t14?,15?,16-,18+/m1/s1. The summed E-state index contributed by atoms with van der Waals surface area (Å²) in [7, 11) is 1.54. The number of nitrogens with zero attached hydrogens (tertiary/aromatic N) is 4. The molecule has 12 heteroatoms. The van der Waals surface area contributed by atoms with Gasteiger partial charge in [0.1, 0.15) is 11.8 Å². The highest BCUT2D eigenvalue weighted by Crippen LogP contribution is 2.29. The summed E-state index contributed by atoms with van der Waals surface area (Å²) in [6.45, 7) is 0.442. The molecule has 190 valence electrons. The Labute approximate surface area is 207 Å². The second-order valence-corrected chi connectivity index (χ2v) is 9.32. The SMILES string of the molecule is COc1cc(-c2cc(C(=O)NC3CCC(NC(=O)[C@@H]4C[C@@H](O)CN4)CC3)c3c(N)ncnn23)ccn1. The largest absolute Gasteiger partial charge is 0.481 e. The van der Waals surface area contributed by atoms with Crippen LogP contribution in [0.3, 0.4) is 0 Å². The maximum Gasteiger partial charge on any atom is 0.253 e. The number of nitrogens with one attached hydrogen (secondary N) is 3. The van der Waals surface area contributed by atoms with Crippen LogP contribution in [0.25, 0.3) is 16.8 Å². The van der Waals surface area contributed by atoms with Crippen molar-refractivity contribution in [2.45, 2.75) is 56.3 Å². The predicted molar refractivity (Wildman–Crippen MR) is 131 cm³/mol. The van der Waals surface area contributed by atoms with Gasteiger partial charge >= 0.3 is 0 Å². The minimum absolute atomic E-state index is 0.0256. The maximum atomic E-state index is 13.3. The lowest BCUT2D eigenvalue weighted by atomic mass is 9.90. The molecule has 1 saturated heterocycles. The first-order chi connectivity index (χ1) is 17.4. The minimum Gasteiger partial charge on any atom is -0.481 e. The molecule has 2 fully saturated rings. The number of carbonyl (C=O) groups excluding carboxylic acids is 2. The summed E-state index contributed by atoms with van der Waals surface area (Å²) in [5, 5.41) is 23.2. The number of aromatic nitrogens is 4. The number of nitrogen functional groups attached to an aromatic ring is 1. The van der Waals surface area contributed by atoms with Gasteiger partial charge in [-0.25, -0.2) is 14.5 Å². The van der Waals surface area contributed by atoms with Crippen LogP contribution >= 0.6 is 0 Å². The number of β-amino-alcohol motifs (C(OH)–C–C–N with tert-alkyl or cyclic N) is 1. The molecule has 1 aliphatic carbocycles. The van der Waals surface area contributed by atoms with E-state index < -0.39 is 6.10 Å². The minimum atomic E-state index is -0.474. The van der Waals surface area contributed by atoms with Gasteiger partial charge in [-0.3, -0.25) is 9.59 Å². The molecule has 36 heavy (non-hydrogen) atoms. The molecule has 2 amide bonds. The van der Waals surface area contributed by atoms with E-state index >= 15 is 0 Å². The van der Waals surface area contributed by atoms with Crippen molar-refractivity contribution in [2.75, 3.05) is 19.4 Å². The zero-order chi connectivity index (χ0) is 25.2. The lowest BCUT2D eigenvalue weighted by Crippen LogP contribution is -2.48. The van der Waals surface area contributed by atoms with E-state index in [-0.39, 0.29) is 35.8 Å². The molecular weight excluding hydrogens is 464 g/mol. The molecule has 0 aromatic carbocycles. The van der Waals surface area contributed by atoms with Gasteiger partial charge in [0.15, 0.2) is 5.82 Å². The summed E-state index contributed by atoms with van der Waals surface area (Å²) >= 11 is 0. The van der Waals surface area contributed by atoms with Crippen molar-refractivity contribution in [2.24, 2.45) is 0 Å². The number of nitrogens with two attached hydrogens (primary N) is 1. The third-order valence-electron chi connectivity index (χ3n) is 6.90. The first-order valence-corrected chi connectivity index (χ1v) is 12.1. The summed E-state index contributed by atoms with van der Waals surface area (Å²) in [6.07, 6.45) is 5.93. The highest BCUT2D eigenvalue weighted by atomic mass is 16.5. The van der Waals surface area contributed by atoms with Gasteiger partial charge in [0.05, 0.1) is 30.5 Å². The van der Waals surface area contributed by atoms with Gasteiger partial charge in [0.2, 0.25) is 11.8 Å². The van der Waals surface area contributed by atoms with E-state index in [2.05, 4.69) is 31.0 Å². The third kappa shape index (κ3) is 4.82. The number of aliphatic hydroxyl groups excluding tert-OH is 1. The summed E-state index contributed by atoms with van der Waals surface area (Å²) < 4.78 is 6.84. The Hall–Kier alpha value is -3.77. The Morgan fingerprint density at radius 2 is 1.92 bits per heavy atom. The number of amides is 2. The van der Waals surface area contributed by atoms with Crippen molar-refractivity contribution in [3.8, 4) is 17.1 Å². The second kappa shape index (κ2) is 10.1. The molecule has 3 aromatic heterocycles. The number of ether oxygens (including phenoxy) is 1. The topological polar surface area (TPSA) is 169 Å². The maximum absolute atomic E-state index is 13.3. The normalized spacial score (nSPS) is 23.9. The molecular formula is C24H30N8O4. The van der Waals surface area contributed by atoms with Crippen LogP contribution in [0.15, 0.2) is 30.7 Å². The van der Waals surface area contributed by atoms with Crippen LogP contribution < -0.4 is 26.4 Å². The third-order valence-corrected chi connectivity index (χ3v) is 6.90. The van der Waals surface area contributed by atoms with Gasteiger partial charge in [-0.15, -0.1) is 0 Å². The first kappa shape index (κ1) is 23.9. The molecule has 0 bridgehead atoms. The quantitative estimate of drug-likeness (QED) is 0.323. The number of anilines is 1. The number of pyridine rings is 1. The molecule has 1 aliphatic heterocycles. The lowest BCUT2D eigenvalue weighted by molar-refractivity contribution is -0.123. The molecule has 6 N–H and O–H groups in total. The molecule has 2 atom stereocenters. The van der Waals surface area contributed by atoms with Crippen LogP contribution in [0.1, 0.15) is 42.5 Å². The van der Waals surface area contributed by atoms with E-state index in [0.717, 1.165) is 31.2 Å². The Bertz CT molecular complexity index is 1270. The monoisotopic (exact) mass is 494 g/mol. The fourth-order valence-electron chi connectivity index (χ4n) is 4.99. The number of fused-ring (bicyclic) bond motifs is 1. The molecule has 1 saturated carbocycles. The smallest absolute Gasteiger partial charge is 0.253 e. The van der Waals surface area contributed by atoms with E-state index in [1.165, 1.54) is 13.4 Å². The van der Waals surface area contributed by atoms with Gasteiger partial charge in [0.25, 0.3) is 5.91 Å². The molecule has 2 aliphatic rings. The van der Waals surface area contributed by atoms with Gasteiger partial charge in [-0.1, -0.05) is 0 Å². The number of hydrogen-bond acceptors (Lipinski definition) is 9. The summed E-state index contributed by atoms with van der Waals surface area (Å²) in [5.41, 5.74) is 8.42. The van der Waals surface area contributed by atoms with Crippen molar-refractivity contribution < 1.29 is 19.4 Å². The molecule has 12 nitrogen and oxygen atoms in total. The van der Waals surface area contributed by atoms with Crippen molar-refractivity contribution in [3.05, 3.63) is 36.3 Å². The number of aliphatic hydroxyl groups is 1.